The number of rotatable bonds is 6. The molecule has 110 valence electrons. The topological polar surface area (TPSA) is 38.5 Å². The standard InChI is InChI=1S/C17H26N2O/c18-11-14-5-7-17(8-6-14)20-10-2-9-19-12-15-3-1-4-16(15)13-19/h5-8,15-16H,1-4,9-13,18H2. The SMILES string of the molecule is NCc1ccc(OCCCN2CC3CCCC3C2)cc1. The van der Waals surface area contributed by atoms with E-state index in [1.807, 2.05) is 24.3 Å². The Morgan fingerprint density at radius 2 is 1.80 bits per heavy atom. The summed E-state index contributed by atoms with van der Waals surface area (Å²) in [5.41, 5.74) is 6.74. The lowest BCUT2D eigenvalue weighted by atomic mass is 10.0. The van der Waals surface area contributed by atoms with Crippen molar-refractivity contribution in [3.8, 4) is 5.75 Å². The number of hydrogen-bond acceptors (Lipinski definition) is 3. The van der Waals surface area contributed by atoms with Crippen molar-refractivity contribution < 1.29 is 4.74 Å². The summed E-state index contributed by atoms with van der Waals surface area (Å²) < 4.78 is 5.79. The second-order valence-corrected chi connectivity index (χ2v) is 6.26. The molecule has 0 bridgehead atoms. The van der Waals surface area contributed by atoms with E-state index in [9.17, 15) is 0 Å². The third-order valence-electron chi connectivity index (χ3n) is 4.85. The van der Waals surface area contributed by atoms with Gasteiger partial charge in [0.25, 0.3) is 0 Å². The summed E-state index contributed by atoms with van der Waals surface area (Å²) in [4.78, 5) is 2.63. The molecule has 1 aliphatic carbocycles. The van der Waals surface area contributed by atoms with Crippen LogP contribution in [0.25, 0.3) is 0 Å². The Morgan fingerprint density at radius 1 is 1.10 bits per heavy atom. The molecule has 0 aromatic heterocycles. The van der Waals surface area contributed by atoms with Gasteiger partial charge in [0, 0.05) is 26.2 Å². The van der Waals surface area contributed by atoms with Gasteiger partial charge in [-0.25, -0.2) is 0 Å². The van der Waals surface area contributed by atoms with E-state index in [0.29, 0.717) is 6.54 Å². The fraction of sp³-hybridized carbons (Fsp3) is 0.647. The van der Waals surface area contributed by atoms with Gasteiger partial charge in [-0.1, -0.05) is 18.6 Å². The zero-order valence-corrected chi connectivity index (χ0v) is 12.3. The molecule has 1 saturated heterocycles. The quantitative estimate of drug-likeness (QED) is 0.811. The van der Waals surface area contributed by atoms with E-state index in [4.69, 9.17) is 10.5 Å². The predicted octanol–water partition coefficient (Wildman–Crippen LogP) is 2.65. The molecule has 3 heteroatoms. The van der Waals surface area contributed by atoms with Crippen LogP contribution < -0.4 is 10.5 Å². The molecule has 0 spiro atoms. The molecule has 3 nitrogen and oxygen atoms in total. The average molecular weight is 274 g/mol. The number of hydrogen-bond donors (Lipinski definition) is 1. The summed E-state index contributed by atoms with van der Waals surface area (Å²) in [7, 11) is 0. The largest absolute Gasteiger partial charge is 0.494 e. The molecule has 2 fully saturated rings. The van der Waals surface area contributed by atoms with Crippen LogP contribution in [0, 0.1) is 11.8 Å². The predicted molar refractivity (Wildman–Crippen MR) is 81.7 cm³/mol. The first-order chi connectivity index (χ1) is 9.85. The number of nitrogens with two attached hydrogens (primary N) is 1. The van der Waals surface area contributed by atoms with Crippen molar-refractivity contribution in [1.82, 2.24) is 4.90 Å². The highest BCUT2D eigenvalue weighted by Crippen LogP contribution is 2.37. The minimum absolute atomic E-state index is 0.595. The minimum atomic E-state index is 0.595. The van der Waals surface area contributed by atoms with Crippen LogP contribution in [0.2, 0.25) is 0 Å². The van der Waals surface area contributed by atoms with Gasteiger partial charge >= 0.3 is 0 Å². The molecule has 2 unspecified atom stereocenters. The first kappa shape index (κ1) is 13.9. The summed E-state index contributed by atoms with van der Waals surface area (Å²) in [6.07, 6.45) is 5.51. The van der Waals surface area contributed by atoms with Gasteiger partial charge in [-0.2, -0.15) is 0 Å². The molecule has 20 heavy (non-hydrogen) atoms. The summed E-state index contributed by atoms with van der Waals surface area (Å²) in [6.45, 7) is 5.25. The second-order valence-electron chi connectivity index (χ2n) is 6.26. The van der Waals surface area contributed by atoms with E-state index in [-0.39, 0.29) is 0 Å². The van der Waals surface area contributed by atoms with Gasteiger partial charge in [0.15, 0.2) is 0 Å². The summed E-state index contributed by atoms with van der Waals surface area (Å²) >= 11 is 0. The van der Waals surface area contributed by atoms with Crippen molar-refractivity contribution >= 4 is 0 Å². The van der Waals surface area contributed by atoms with E-state index in [2.05, 4.69) is 4.90 Å². The molecule has 1 aliphatic heterocycles. The van der Waals surface area contributed by atoms with Crippen LogP contribution in [0.3, 0.4) is 0 Å². The average Bonchev–Trinajstić information content (AvgIpc) is 3.05. The zero-order valence-electron chi connectivity index (χ0n) is 12.3. The first-order valence-corrected chi connectivity index (χ1v) is 7.99. The maximum atomic E-state index is 5.79. The molecule has 1 saturated carbocycles. The molecule has 1 heterocycles. The highest BCUT2D eigenvalue weighted by Gasteiger charge is 2.35. The number of ether oxygens (including phenoxy) is 1. The fourth-order valence-electron chi connectivity index (χ4n) is 3.71. The van der Waals surface area contributed by atoms with Crippen molar-refractivity contribution in [1.29, 1.82) is 0 Å². The van der Waals surface area contributed by atoms with Gasteiger partial charge in [0.1, 0.15) is 5.75 Å². The molecule has 1 aromatic rings. The Kier molecular flexibility index (Phi) is 4.58. The van der Waals surface area contributed by atoms with Crippen LogP contribution in [-0.4, -0.2) is 31.1 Å². The van der Waals surface area contributed by atoms with Gasteiger partial charge in [-0.3, -0.25) is 0 Å². The molecular formula is C17H26N2O. The van der Waals surface area contributed by atoms with Crippen molar-refractivity contribution in [2.24, 2.45) is 17.6 Å². The van der Waals surface area contributed by atoms with Crippen molar-refractivity contribution in [2.45, 2.75) is 32.2 Å². The highest BCUT2D eigenvalue weighted by molar-refractivity contribution is 5.26. The van der Waals surface area contributed by atoms with Gasteiger partial charge in [0.2, 0.25) is 0 Å². The Balaban J connectivity index is 1.34. The molecule has 3 rings (SSSR count). The zero-order chi connectivity index (χ0) is 13.8. The Bertz CT molecular complexity index is 406. The van der Waals surface area contributed by atoms with Crippen LogP contribution in [0.5, 0.6) is 5.75 Å². The maximum Gasteiger partial charge on any atom is 0.119 e. The lowest BCUT2D eigenvalue weighted by molar-refractivity contribution is 0.253. The van der Waals surface area contributed by atoms with Crippen molar-refractivity contribution in [3.63, 3.8) is 0 Å². The van der Waals surface area contributed by atoms with Gasteiger partial charge < -0.3 is 15.4 Å². The van der Waals surface area contributed by atoms with Gasteiger partial charge in [0.05, 0.1) is 6.61 Å². The van der Waals surface area contributed by atoms with Gasteiger partial charge in [-0.15, -0.1) is 0 Å². The highest BCUT2D eigenvalue weighted by atomic mass is 16.5. The molecule has 0 radical (unpaired) electrons. The van der Waals surface area contributed by atoms with Crippen LogP contribution in [0.4, 0.5) is 0 Å². The van der Waals surface area contributed by atoms with E-state index < -0.39 is 0 Å². The minimum Gasteiger partial charge on any atom is -0.494 e. The summed E-state index contributed by atoms with van der Waals surface area (Å²) in [6, 6.07) is 8.11. The Hall–Kier alpha value is -1.06. The third kappa shape index (κ3) is 3.33. The smallest absolute Gasteiger partial charge is 0.119 e. The lowest BCUT2D eigenvalue weighted by Crippen LogP contribution is -2.24. The van der Waals surface area contributed by atoms with Crippen LogP contribution in [0.1, 0.15) is 31.2 Å². The van der Waals surface area contributed by atoms with E-state index in [0.717, 1.165) is 36.2 Å². The normalized spacial score (nSPS) is 25.9. The van der Waals surface area contributed by atoms with Crippen LogP contribution >= 0.6 is 0 Å². The molecule has 0 amide bonds. The van der Waals surface area contributed by atoms with Crippen LogP contribution in [-0.2, 0) is 6.54 Å². The lowest BCUT2D eigenvalue weighted by Gasteiger charge is -2.16. The number of fused-ring (bicyclic) bond motifs is 1. The number of nitrogens with zero attached hydrogens (tertiary/aromatic N) is 1. The van der Waals surface area contributed by atoms with E-state index >= 15 is 0 Å². The molecule has 2 N–H and O–H groups in total. The maximum absolute atomic E-state index is 5.79. The molecule has 1 aromatic carbocycles. The fourth-order valence-corrected chi connectivity index (χ4v) is 3.71. The monoisotopic (exact) mass is 274 g/mol. The molecular weight excluding hydrogens is 248 g/mol. The van der Waals surface area contributed by atoms with Crippen LogP contribution in [0.15, 0.2) is 24.3 Å². The van der Waals surface area contributed by atoms with E-state index in [1.165, 1.54) is 38.9 Å². The molecule has 2 atom stereocenters. The van der Waals surface area contributed by atoms with Gasteiger partial charge in [-0.05, 0) is 48.8 Å². The number of benzene rings is 1. The number of likely N-dealkylation sites (tertiary alicyclic amines) is 1. The van der Waals surface area contributed by atoms with Crippen molar-refractivity contribution in [3.05, 3.63) is 29.8 Å². The third-order valence-corrected chi connectivity index (χ3v) is 4.85. The summed E-state index contributed by atoms with van der Waals surface area (Å²) in [5.74, 6) is 2.96. The first-order valence-electron chi connectivity index (χ1n) is 7.99. The second kappa shape index (κ2) is 6.59. The Morgan fingerprint density at radius 3 is 2.45 bits per heavy atom. The summed E-state index contributed by atoms with van der Waals surface area (Å²) in [5, 5.41) is 0. The van der Waals surface area contributed by atoms with E-state index in [1.54, 1.807) is 0 Å². The van der Waals surface area contributed by atoms with Crippen molar-refractivity contribution in [2.75, 3.05) is 26.2 Å². The molecule has 2 aliphatic rings. The Labute approximate surface area is 122 Å².